The van der Waals surface area contributed by atoms with Gasteiger partial charge in [0.1, 0.15) is 73.1 Å². The third-order valence-electron chi connectivity index (χ3n) is 9.68. The fourth-order valence-corrected chi connectivity index (χ4v) is 9.43. The molecule has 4 fully saturated rings. The number of aliphatic hydroxyl groups excluding tert-OH is 6. The topological polar surface area (TPSA) is 610 Å². The quantitative estimate of drug-likeness (QED) is 0.0375. The summed E-state index contributed by atoms with van der Waals surface area (Å²) in [6, 6.07) is -4.96. The van der Waals surface area contributed by atoms with Crippen LogP contribution in [-0.4, -0.2) is 270 Å². The van der Waals surface area contributed by atoms with E-state index in [1.165, 1.54) is 4.72 Å². The summed E-state index contributed by atoms with van der Waals surface area (Å²) in [6.45, 7) is -2.24. The molecule has 421 valence electrons. The molecule has 4 aliphatic heterocycles. The van der Waals surface area contributed by atoms with Crippen molar-refractivity contribution in [1.82, 2.24) is 10.0 Å². The van der Waals surface area contributed by atoms with Gasteiger partial charge in [-0.05, 0) is 11.0 Å². The van der Waals surface area contributed by atoms with Gasteiger partial charge in [-0.15, -0.1) is 0 Å². The van der Waals surface area contributed by atoms with Gasteiger partial charge in [0.15, 0.2) is 49.6 Å². The standard InChI is InChI=1S/C26H42N2O37S5.Mo.H3Si/c1-4(30)27-7-9(31)13(6(56-23(7)39)3-55-67(43,44)45)58-26-19(65-70(52,53)54)12(34)16(20(62-26)22(37)38)60-24-8(28-66(40,41)42)15(63-68(46,47)48)14(5(2-29)57-24)59-25-18(64-69(49,50)51)11(33)10(32)17(61-25)21(35)36;;/h5-20,23-26,28-29,31-34,39H,2-3H2,1H3,(H,27,30)(H,35,36)(H,37,38)(H,40,41,42)(H,43,44,45)(H,46,47,48)(H,49,50,51)(H,52,53,54);;1H3/t5-,6+,7-,8-,9-,10-,11-,12+,13-,14-,15-,16+,17-,18+,19-,20+,23-,24+,25+,26-;;/m1../s1. The number of nitrogens with one attached hydrogen (secondary N) is 2. The van der Waals surface area contributed by atoms with Gasteiger partial charge in [0.05, 0.1) is 13.2 Å². The summed E-state index contributed by atoms with van der Waals surface area (Å²) in [7, 11) is -29.1. The molecule has 0 saturated carbocycles. The van der Waals surface area contributed by atoms with Crippen molar-refractivity contribution in [3.05, 3.63) is 0 Å². The molecular weight excluding hydrogens is 1220 g/mol. The summed E-state index contributed by atoms with van der Waals surface area (Å²) in [4.78, 5) is 36.4. The molecule has 0 unspecified atom stereocenters. The molecule has 39 nitrogen and oxygen atoms in total. The van der Waals surface area contributed by atoms with E-state index in [1.54, 1.807) is 0 Å². The number of amides is 1. The Bertz CT molecular complexity index is 2460. The minimum Gasteiger partial charge on any atom is -0.479 e. The Morgan fingerprint density at radius 1 is 0.528 bits per heavy atom. The molecule has 20 atom stereocenters. The zero-order valence-electron chi connectivity index (χ0n) is 35.5. The van der Waals surface area contributed by atoms with E-state index in [4.69, 9.17) is 37.7 Å². The maximum absolute atomic E-state index is 12.7. The first-order chi connectivity index (χ1) is 31.8. The van der Waals surface area contributed by atoms with E-state index < -0.39 is 206 Å². The maximum Gasteiger partial charge on any atom is 0.397 e. The molecular formula is C26H45MoN2O37S5Si. The molecule has 1 amide bonds. The van der Waals surface area contributed by atoms with E-state index in [0.717, 1.165) is 6.92 Å². The molecule has 0 spiro atoms. The average molecular weight is 1260 g/mol. The van der Waals surface area contributed by atoms with Gasteiger partial charge in [-0.25, -0.2) is 26.3 Å². The maximum atomic E-state index is 12.7. The molecule has 0 aliphatic carbocycles. The van der Waals surface area contributed by atoms with Crippen LogP contribution in [0.15, 0.2) is 0 Å². The Labute approximate surface area is 422 Å². The number of aliphatic carboxylic acids is 2. The molecule has 0 aromatic heterocycles. The predicted octanol–water partition coefficient (Wildman–Crippen LogP) is -11.9. The fourth-order valence-electron chi connectivity index (χ4n) is 7.05. The molecule has 15 N–H and O–H groups in total. The number of aliphatic hydroxyl groups is 6. The first-order valence-electron chi connectivity index (χ1n) is 18.5. The van der Waals surface area contributed by atoms with Gasteiger partial charge in [0.25, 0.3) is 0 Å². The average Bonchev–Trinajstić information content (AvgIpc) is 3.18. The van der Waals surface area contributed by atoms with Gasteiger partial charge in [-0.3, -0.25) is 27.6 Å². The second-order valence-corrected chi connectivity index (χ2v) is 20.0. The monoisotopic (exact) mass is 1260 g/mol. The van der Waals surface area contributed by atoms with Crippen molar-refractivity contribution in [2.45, 2.75) is 130 Å². The molecule has 72 heavy (non-hydrogen) atoms. The van der Waals surface area contributed by atoms with Crippen LogP contribution < -0.4 is 10.0 Å². The summed E-state index contributed by atoms with van der Waals surface area (Å²) >= 11 is 0. The third-order valence-corrected chi connectivity index (χ3v) is 12.1. The minimum atomic E-state index is -6.09. The molecule has 4 rings (SSSR count). The van der Waals surface area contributed by atoms with Crippen LogP contribution in [-0.2, 0) is 137 Å². The van der Waals surface area contributed by atoms with E-state index in [9.17, 15) is 116 Å². The van der Waals surface area contributed by atoms with Crippen LogP contribution in [0.1, 0.15) is 6.92 Å². The summed E-state index contributed by atoms with van der Waals surface area (Å²) in [5.41, 5.74) is 0. The normalized spacial score (nSPS) is 38.1. The number of carbonyl (C=O) groups excluding carboxylic acids is 1. The summed E-state index contributed by atoms with van der Waals surface area (Å²) in [6.07, 6.45) is -49.1. The van der Waals surface area contributed by atoms with Gasteiger partial charge in [-0.2, -0.15) is 46.8 Å². The van der Waals surface area contributed by atoms with Crippen LogP contribution >= 0.6 is 0 Å². The predicted molar refractivity (Wildman–Crippen MR) is 211 cm³/mol. The Morgan fingerprint density at radius 3 is 1.43 bits per heavy atom. The zero-order valence-corrected chi connectivity index (χ0v) is 43.6. The summed E-state index contributed by atoms with van der Waals surface area (Å²) < 4.78 is 222. The van der Waals surface area contributed by atoms with E-state index in [0.29, 0.717) is 0 Å². The smallest absolute Gasteiger partial charge is 0.397 e. The van der Waals surface area contributed by atoms with E-state index in [1.807, 2.05) is 5.32 Å². The first kappa shape index (κ1) is 66.3. The van der Waals surface area contributed by atoms with Crippen LogP contribution in [0.5, 0.6) is 0 Å². The molecule has 1 radical (unpaired) electrons. The fraction of sp³-hybridized carbons (Fsp3) is 0.885. The molecule has 4 saturated heterocycles. The Morgan fingerprint density at radius 2 is 0.986 bits per heavy atom. The molecule has 46 heteroatoms. The number of hydrogen-bond acceptors (Lipinski definition) is 30. The summed E-state index contributed by atoms with van der Waals surface area (Å²) in [5.74, 6) is -5.49. The number of carbonyl (C=O) groups is 3. The summed E-state index contributed by atoms with van der Waals surface area (Å²) in [5, 5.41) is 86.0. The van der Waals surface area contributed by atoms with Gasteiger partial charge in [0, 0.05) is 28.0 Å². The van der Waals surface area contributed by atoms with Gasteiger partial charge >= 0.3 is 63.8 Å². The van der Waals surface area contributed by atoms with Gasteiger partial charge in [-0.1, -0.05) is 0 Å². The van der Waals surface area contributed by atoms with Crippen molar-refractivity contribution in [3.63, 3.8) is 0 Å². The van der Waals surface area contributed by atoms with Crippen LogP contribution in [0.2, 0.25) is 0 Å². The Hall–Kier alpha value is -1.85. The Balaban J connectivity index is 0.00000888. The van der Waals surface area contributed by atoms with Crippen molar-refractivity contribution in [2.24, 2.45) is 0 Å². The molecule has 4 aliphatic rings. The molecule has 4 heterocycles. The number of ether oxygens (including phenoxy) is 7. The minimum absolute atomic E-state index is 0. The van der Waals surface area contributed by atoms with Crippen molar-refractivity contribution in [1.29, 1.82) is 0 Å². The van der Waals surface area contributed by atoms with Crippen molar-refractivity contribution in [2.75, 3.05) is 13.2 Å². The third kappa shape index (κ3) is 18.1. The number of carboxylic acid groups (broad SMARTS) is 2. The van der Waals surface area contributed by atoms with Crippen molar-refractivity contribution < 1.29 is 191 Å². The van der Waals surface area contributed by atoms with Crippen molar-refractivity contribution in [3.8, 4) is 0 Å². The van der Waals surface area contributed by atoms with Crippen LogP contribution in [0.25, 0.3) is 0 Å². The van der Waals surface area contributed by atoms with Gasteiger partial charge in [0.2, 0.25) is 5.91 Å². The van der Waals surface area contributed by atoms with Crippen LogP contribution in [0.3, 0.4) is 0 Å². The number of hydrogen-bond donors (Lipinski definition) is 15. The second kappa shape index (κ2) is 25.5. The van der Waals surface area contributed by atoms with E-state index in [2.05, 4.69) is 16.7 Å². The SMILES string of the molecule is CC(=O)N[C@@H]1[C@@H](O)[C@H](O[C@@H]2O[C@H](C(=O)O)[C@@H](O[C@@H]3O[C@H](CO)[C@@H](O[C@H]4O[C@@H](C(=O)O)[C@H](O)[C@@H](O)[C@@H]4OS(=O)(=O)O)[C@H](OS(=O)(=O)O)[C@H]3NS(=O)(=O)O)[C@H](O)[C@H]2OS(=O)(=O)O)[C@H](COS(=O)(=O)O)O[C@H]1O.[Mo].[SiH3]. The van der Waals surface area contributed by atoms with E-state index >= 15 is 0 Å². The van der Waals surface area contributed by atoms with Crippen LogP contribution in [0, 0.1) is 0 Å². The molecule has 0 aromatic carbocycles. The zero-order chi connectivity index (χ0) is 53.4. The Kier molecular flexibility index (Phi) is 23.5. The number of carboxylic acids is 2. The molecule has 0 bridgehead atoms. The molecule has 0 aromatic rings. The number of rotatable bonds is 21. The van der Waals surface area contributed by atoms with Crippen LogP contribution in [0.4, 0.5) is 0 Å². The van der Waals surface area contributed by atoms with Gasteiger partial charge < -0.3 is 79.3 Å². The van der Waals surface area contributed by atoms with E-state index in [-0.39, 0.29) is 32.0 Å². The first-order valence-corrected chi connectivity index (χ1v) is 25.4. The largest absolute Gasteiger partial charge is 0.479 e. The van der Waals surface area contributed by atoms with Crippen molar-refractivity contribution >= 4 is 80.7 Å². The second-order valence-electron chi connectivity index (χ2n) is 14.6.